The van der Waals surface area contributed by atoms with E-state index in [9.17, 15) is 10.1 Å². The number of rotatable bonds is 6. The van der Waals surface area contributed by atoms with Gasteiger partial charge >= 0.3 is 0 Å². The Morgan fingerprint density at radius 3 is 2.60 bits per heavy atom. The van der Waals surface area contributed by atoms with Gasteiger partial charge in [-0.15, -0.1) is 11.8 Å². The summed E-state index contributed by atoms with van der Waals surface area (Å²) in [5.74, 6) is 0.560. The summed E-state index contributed by atoms with van der Waals surface area (Å²) in [4.78, 5) is 11.6. The zero-order chi connectivity index (χ0) is 11.1. The summed E-state index contributed by atoms with van der Waals surface area (Å²) in [5, 5.41) is 10.7. The summed E-state index contributed by atoms with van der Waals surface area (Å²) in [6, 6.07) is 9.38. The summed E-state index contributed by atoms with van der Waals surface area (Å²) in [6.45, 7) is 1.98. The average Bonchev–Trinajstić information content (AvgIpc) is 2.25. The van der Waals surface area contributed by atoms with Crippen molar-refractivity contribution in [2.24, 2.45) is 0 Å². The fourth-order valence-electron chi connectivity index (χ4n) is 1.29. The van der Waals surface area contributed by atoms with E-state index in [1.54, 1.807) is 11.8 Å². The van der Waals surface area contributed by atoms with Crippen molar-refractivity contribution in [3.8, 4) is 0 Å². The summed E-state index contributed by atoms with van der Waals surface area (Å²) < 4.78 is 0. The van der Waals surface area contributed by atoms with Gasteiger partial charge in [-0.2, -0.15) is 0 Å². The summed E-state index contributed by atoms with van der Waals surface area (Å²) >= 11 is 1.56. The number of benzene rings is 1. The van der Waals surface area contributed by atoms with E-state index < -0.39 is 6.04 Å². The Hall–Kier alpha value is -1.03. The van der Waals surface area contributed by atoms with Gasteiger partial charge in [-0.05, 0) is 18.6 Å². The Bertz CT molecular complexity index is 303. The van der Waals surface area contributed by atoms with E-state index in [0.29, 0.717) is 12.2 Å². The predicted molar refractivity (Wildman–Crippen MR) is 62.9 cm³/mol. The zero-order valence-electron chi connectivity index (χ0n) is 8.76. The molecule has 0 radical (unpaired) electrons. The average molecular weight is 225 g/mol. The normalized spacial score (nSPS) is 12.3. The van der Waals surface area contributed by atoms with Gasteiger partial charge in [0.1, 0.15) is 0 Å². The van der Waals surface area contributed by atoms with Crippen molar-refractivity contribution in [1.29, 1.82) is 0 Å². The number of hydrogen-bond donors (Lipinski definition) is 0. The van der Waals surface area contributed by atoms with Crippen molar-refractivity contribution in [2.45, 2.75) is 30.7 Å². The molecule has 0 aliphatic rings. The van der Waals surface area contributed by atoms with Gasteiger partial charge in [0.05, 0.1) is 5.75 Å². The Morgan fingerprint density at radius 1 is 1.40 bits per heavy atom. The van der Waals surface area contributed by atoms with Crippen molar-refractivity contribution < 1.29 is 4.92 Å². The lowest BCUT2D eigenvalue weighted by Crippen LogP contribution is -2.21. The van der Waals surface area contributed by atoms with Crippen molar-refractivity contribution in [3.05, 3.63) is 40.4 Å². The molecule has 0 saturated carbocycles. The lowest BCUT2D eigenvalue weighted by molar-refractivity contribution is -0.517. The molecule has 0 bridgehead atoms. The molecule has 0 N–H and O–H groups in total. The molecule has 0 aliphatic heterocycles. The van der Waals surface area contributed by atoms with Crippen LogP contribution in [-0.4, -0.2) is 16.7 Å². The van der Waals surface area contributed by atoms with E-state index in [2.05, 4.69) is 0 Å². The van der Waals surface area contributed by atoms with Crippen LogP contribution in [0, 0.1) is 10.1 Å². The highest BCUT2D eigenvalue weighted by Gasteiger charge is 2.18. The van der Waals surface area contributed by atoms with Crippen LogP contribution in [-0.2, 0) is 0 Å². The molecule has 4 heteroatoms. The molecule has 82 valence electrons. The van der Waals surface area contributed by atoms with E-state index in [0.717, 1.165) is 11.3 Å². The molecule has 1 unspecified atom stereocenters. The van der Waals surface area contributed by atoms with E-state index in [1.807, 2.05) is 37.3 Å². The topological polar surface area (TPSA) is 43.1 Å². The van der Waals surface area contributed by atoms with Gasteiger partial charge in [-0.1, -0.05) is 25.1 Å². The Balaban J connectivity index is 2.43. The highest BCUT2D eigenvalue weighted by atomic mass is 32.2. The van der Waals surface area contributed by atoms with Gasteiger partial charge in [-0.25, -0.2) is 0 Å². The molecule has 3 nitrogen and oxygen atoms in total. The first kappa shape index (κ1) is 12.0. The Kier molecular flexibility index (Phi) is 5.18. The van der Waals surface area contributed by atoms with E-state index >= 15 is 0 Å². The summed E-state index contributed by atoms with van der Waals surface area (Å²) in [6.07, 6.45) is 1.52. The van der Waals surface area contributed by atoms with Gasteiger partial charge in [0.2, 0.25) is 6.04 Å². The van der Waals surface area contributed by atoms with E-state index in [1.165, 1.54) is 0 Å². The first-order valence-electron chi connectivity index (χ1n) is 5.05. The maximum absolute atomic E-state index is 10.7. The molecule has 1 aromatic carbocycles. The van der Waals surface area contributed by atoms with Crippen molar-refractivity contribution >= 4 is 11.8 Å². The minimum absolute atomic E-state index is 0.167. The largest absolute Gasteiger partial charge is 0.264 e. The quantitative estimate of drug-likeness (QED) is 0.424. The molecule has 0 amide bonds. The molecular formula is C11H15NO2S. The molecule has 0 spiro atoms. The van der Waals surface area contributed by atoms with E-state index in [4.69, 9.17) is 0 Å². The smallest absolute Gasteiger partial charge is 0.222 e. The SMILES string of the molecule is CCCC(CSc1ccccc1)[N+](=O)[O-]. The highest BCUT2D eigenvalue weighted by molar-refractivity contribution is 7.99. The third-order valence-corrected chi connectivity index (χ3v) is 3.26. The third-order valence-electron chi connectivity index (χ3n) is 2.11. The fraction of sp³-hybridized carbons (Fsp3) is 0.455. The molecule has 15 heavy (non-hydrogen) atoms. The van der Waals surface area contributed by atoms with Crippen molar-refractivity contribution in [2.75, 3.05) is 5.75 Å². The molecule has 0 saturated heterocycles. The summed E-state index contributed by atoms with van der Waals surface area (Å²) in [5.41, 5.74) is 0. The second-order valence-electron chi connectivity index (χ2n) is 3.35. The first-order valence-corrected chi connectivity index (χ1v) is 6.04. The van der Waals surface area contributed by atoms with Gasteiger partial charge in [0, 0.05) is 16.2 Å². The van der Waals surface area contributed by atoms with Crippen LogP contribution in [0.4, 0.5) is 0 Å². The standard InChI is InChI=1S/C11H15NO2S/c1-2-6-10(12(13)14)9-15-11-7-4-3-5-8-11/h3-5,7-8,10H,2,6,9H2,1H3. The van der Waals surface area contributed by atoms with Crippen LogP contribution >= 0.6 is 11.8 Å². The van der Waals surface area contributed by atoms with Gasteiger partial charge in [-0.3, -0.25) is 10.1 Å². The van der Waals surface area contributed by atoms with Crippen LogP contribution in [0.15, 0.2) is 35.2 Å². The minimum atomic E-state index is -0.416. The number of thioether (sulfide) groups is 1. The van der Waals surface area contributed by atoms with Gasteiger partial charge < -0.3 is 0 Å². The second-order valence-corrected chi connectivity index (χ2v) is 4.45. The number of nitrogens with zero attached hydrogens (tertiary/aromatic N) is 1. The fourth-order valence-corrected chi connectivity index (χ4v) is 2.31. The van der Waals surface area contributed by atoms with Crippen molar-refractivity contribution in [3.63, 3.8) is 0 Å². The number of nitro groups is 1. The van der Waals surface area contributed by atoms with Crippen LogP contribution in [0.5, 0.6) is 0 Å². The summed E-state index contributed by atoms with van der Waals surface area (Å²) in [7, 11) is 0. The van der Waals surface area contributed by atoms with Crippen LogP contribution in [0.2, 0.25) is 0 Å². The monoisotopic (exact) mass is 225 g/mol. The minimum Gasteiger partial charge on any atom is -0.264 e. The van der Waals surface area contributed by atoms with Gasteiger partial charge in [0.15, 0.2) is 0 Å². The Labute approximate surface area is 94.0 Å². The van der Waals surface area contributed by atoms with Crippen LogP contribution in [0.3, 0.4) is 0 Å². The third kappa shape index (κ3) is 4.34. The Morgan fingerprint density at radius 2 is 2.07 bits per heavy atom. The molecule has 0 heterocycles. The molecule has 1 aromatic rings. The van der Waals surface area contributed by atoms with Gasteiger partial charge in [0.25, 0.3) is 0 Å². The lowest BCUT2D eigenvalue weighted by atomic mass is 10.2. The van der Waals surface area contributed by atoms with Crippen LogP contribution < -0.4 is 0 Å². The molecule has 0 aliphatic carbocycles. The van der Waals surface area contributed by atoms with Crippen molar-refractivity contribution in [1.82, 2.24) is 0 Å². The number of hydrogen-bond acceptors (Lipinski definition) is 3. The highest BCUT2D eigenvalue weighted by Crippen LogP contribution is 2.20. The van der Waals surface area contributed by atoms with Crippen LogP contribution in [0.25, 0.3) is 0 Å². The zero-order valence-corrected chi connectivity index (χ0v) is 9.57. The van der Waals surface area contributed by atoms with E-state index in [-0.39, 0.29) is 4.92 Å². The first-order chi connectivity index (χ1) is 7.24. The second kappa shape index (κ2) is 6.45. The molecule has 1 atom stereocenters. The predicted octanol–water partition coefficient (Wildman–Crippen LogP) is 3.22. The molecule has 1 rings (SSSR count). The van der Waals surface area contributed by atoms with Crippen LogP contribution in [0.1, 0.15) is 19.8 Å². The molecule has 0 aromatic heterocycles. The maximum Gasteiger partial charge on any atom is 0.222 e. The molecular weight excluding hydrogens is 210 g/mol. The molecule has 0 fully saturated rings. The lowest BCUT2D eigenvalue weighted by Gasteiger charge is -2.07. The maximum atomic E-state index is 10.7.